The van der Waals surface area contributed by atoms with E-state index in [1.165, 1.54) is 0 Å². The molecule has 10 heteroatoms. The number of aliphatic imine (C=N–C) groups is 2. The van der Waals surface area contributed by atoms with E-state index in [2.05, 4.69) is 20.6 Å². The minimum absolute atomic E-state index is 0.150. The second kappa shape index (κ2) is 9.34. The Morgan fingerprint density at radius 1 is 1.36 bits per heavy atom. The highest BCUT2D eigenvalue weighted by Crippen LogP contribution is 2.21. The molecule has 2 aliphatic heterocycles. The van der Waals surface area contributed by atoms with E-state index in [1.54, 1.807) is 38.2 Å². The molecule has 2 unspecified atom stereocenters. The van der Waals surface area contributed by atoms with Crippen molar-refractivity contribution < 1.29 is 19.1 Å². The number of hydrogen-bond donors (Lipinski definition) is 3. The number of nitrogens with two attached hydrogens (primary N) is 1. The number of dihydropyridines is 1. The van der Waals surface area contributed by atoms with E-state index in [9.17, 15) is 14.4 Å². The molecule has 0 aromatic heterocycles. The summed E-state index contributed by atoms with van der Waals surface area (Å²) in [6.07, 6.45) is 5.97. The van der Waals surface area contributed by atoms with Gasteiger partial charge in [0.15, 0.2) is 6.17 Å². The highest BCUT2D eigenvalue weighted by Gasteiger charge is 2.26. The fourth-order valence-electron chi connectivity index (χ4n) is 2.72. The molecule has 0 spiro atoms. The summed E-state index contributed by atoms with van der Waals surface area (Å²) < 4.78 is 5.12. The molecule has 0 bridgehead atoms. The van der Waals surface area contributed by atoms with Crippen LogP contribution in [-0.4, -0.2) is 66.3 Å². The lowest BCUT2D eigenvalue weighted by atomic mass is 10.1. The summed E-state index contributed by atoms with van der Waals surface area (Å²) in [5, 5.41) is 5.24. The van der Waals surface area contributed by atoms with Crippen molar-refractivity contribution in [3.63, 3.8) is 0 Å². The fraction of sp³-hybridized carbons (Fsp3) is 0.611. The average molecular weight is 392 g/mol. The summed E-state index contributed by atoms with van der Waals surface area (Å²) in [6, 6.07) is -0.858. The maximum Gasteiger partial charge on any atom is 0.408 e. The fourth-order valence-corrected chi connectivity index (χ4v) is 2.72. The highest BCUT2D eigenvalue weighted by molar-refractivity contribution is 5.84. The molecule has 0 saturated carbocycles. The SMILES string of the molecule is CC(C)(C)OC(=O)NC(CCCNC(=O)CN1C=NC2N=CCC=C21)C(N)=O. The van der Waals surface area contributed by atoms with Gasteiger partial charge in [0.05, 0.1) is 12.0 Å². The zero-order valence-electron chi connectivity index (χ0n) is 16.5. The molecular weight excluding hydrogens is 364 g/mol. The van der Waals surface area contributed by atoms with Gasteiger partial charge in [0.25, 0.3) is 0 Å². The number of allylic oxidation sites excluding steroid dienone is 1. The Morgan fingerprint density at radius 2 is 2.11 bits per heavy atom. The second-order valence-corrected chi connectivity index (χ2v) is 7.56. The maximum atomic E-state index is 12.1. The zero-order chi connectivity index (χ0) is 20.7. The van der Waals surface area contributed by atoms with E-state index in [0.717, 1.165) is 12.1 Å². The topological polar surface area (TPSA) is 138 Å². The summed E-state index contributed by atoms with van der Waals surface area (Å²) in [4.78, 5) is 45.7. The average Bonchev–Trinajstić information content (AvgIpc) is 2.99. The van der Waals surface area contributed by atoms with Gasteiger partial charge in [-0.2, -0.15) is 0 Å². The van der Waals surface area contributed by atoms with E-state index in [1.807, 2.05) is 6.08 Å². The van der Waals surface area contributed by atoms with Crippen molar-refractivity contribution in [3.05, 3.63) is 11.8 Å². The number of nitrogens with zero attached hydrogens (tertiary/aromatic N) is 3. The molecule has 2 rings (SSSR count). The van der Waals surface area contributed by atoms with E-state index in [-0.39, 0.29) is 18.6 Å². The van der Waals surface area contributed by atoms with Gasteiger partial charge in [-0.15, -0.1) is 0 Å². The number of ether oxygens (including phenoxy) is 1. The molecule has 0 aliphatic carbocycles. The van der Waals surface area contributed by atoms with Crippen LogP contribution in [0, 0.1) is 0 Å². The third-order valence-corrected chi connectivity index (χ3v) is 3.96. The van der Waals surface area contributed by atoms with Gasteiger partial charge in [-0.05, 0) is 33.6 Å². The van der Waals surface area contributed by atoms with Crippen molar-refractivity contribution in [3.8, 4) is 0 Å². The highest BCUT2D eigenvalue weighted by atomic mass is 16.6. The molecule has 0 aromatic rings. The van der Waals surface area contributed by atoms with Gasteiger partial charge in [-0.25, -0.2) is 9.79 Å². The predicted molar refractivity (Wildman–Crippen MR) is 105 cm³/mol. The lowest BCUT2D eigenvalue weighted by Gasteiger charge is -2.22. The Bertz CT molecular complexity index is 695. The lowest BCUT2D eigenvalue weighted by Crippen LogP contribution is -2.46. The molecule has 3 amide bonds. The van der Waals surface area contributed by atoms with Crippen LogP contribution in [-0.2, 0) is 14.3 Å². The number of alkyl carbamates (subject to hydrolysis) is 1. The summed E-state index contributed by atoms with van der Waals surface area (Å²) >= 11 is 0. The summed E-state index contributed by atoms with van der Waals surface area (Å²) in [5.74, 6) is -0.820. The monoisotopic (exact) mass is 392 g/mol. The van der Waals surface area contributed by atoms with Crippen LogP contribution in [0.3, 0.4) is 0 Å². The van der Waals surface area contributed by atoms with Gasteiger partial charge in [0.2, 0.25) is 11.8 Å². The number of hydrogen-bond acceptors (Lipinski definition) is 7. The Labute approximate surface area is 164 Å². The van der Waals surface area contributed by atoms with Crippen molar-refractivity contribution >= 4 is 30.5 Å². The largest absolute Gasteiger partial charge is 0.444 e. The molecule has 4 N–H and O–H groups in total. The Hall–Kier alpha value is -2.91. The smallest absolute Gasteiger partial charge is 0.408 e. The van der Waals surface area contributed by atoms with Gasteiger partial charge in [-0.3, -0.25) is 14.6 Å². The van der Waals surface area contributed by atoms with Crippen LogP contribution < -0.4 is 16.4 Å². The maximum absolute atomic E-state index is 12.1. The molecule has 2 heterocycles. The Balaban J connectivity index is 1.69. The van der Waals surface area contributed by atoms with Crippen molar-refractivity contribution in [1.29, 1.82) is 0 Å². The van der Waals surface area contributed by atoms with Crippen LogP contribution in [0.1, 0.15) is 40.0 Å². The van der Waals surface area contributed by atoms with Crippen LogP contribution in [0.4, 0.5) is 4.79 Å². The van der Waals surface area contributed by atoms with Crippen molar-refractivity contribution in [1.82, 2.24) is 15.5 Å². The van der Waals surface area contributed by atoms with Crippen molar-refractivity contribution in [2.45, 2.75) is 57.8 Å². The van der Waals surface area contributed by atoms with Crippen LogP contribution in [0.5, 0.6) is 0 Å². The number of carbonyl (C=O) groups excluding carboxylic acids is 3. The molecule has 28 heavy (non-hydrogen) atoms. The predicted octanol–water partition coefficient (Wildman–Crippen LogP) is 0.290. The molecule has 0 saturated heterocycles. The summed E-state index contributed by atoms with van der Waals surface area (Å²) in [7, 11) is 0. The first kappa shape index (κ1) is 21.4. The summed E-state index contributed by atoms with van der Waals surface area (Å²) in [5.41, 5.74) is 5.57. The minimum Gasteiger partial charge on any atom is -0.444 e. The minimum atomic E-state index is -0.858. The van der Waals surface area contributed by atoms with E-state index in [0.29, 0.717) is 19.4 Å². The summed E-state index contributed by atoms with van der Waals surface area (Å²) in [6.45, 7) is 5.68. The quantitative estimate of drug-likeness (QED) is 0.510. The first-order chi connectivity index (χ1) is 13.2. The zero-order valence-corrected chi connectivity index (χ0v) is 16.5. The van der Waals surface area contributed by atoms with Crippen molar-refractivity contribution in [2.24, 2.45) is 15.7 Å². The van der Waals surface area contributed by atoms with Gasteiger partial charge in [0.1, 0.15) is 18.2 Å². The molecule has 0 fully saturated rings. The van der Waals surface area contributed by atoms with Gasteiger partial charge in [0, 0.05) is 19.2 Å². The second-order valence-electron chi connectivity index (χ2n) is 7.56. The molecule has 2 atom stereocenters. The van der Waals surface area contributed by atoms with E-state index >= 15 is 0 Å². The lowest BCUT2D eigenvalue weighted by molar-refractivity contribution is -0.121. The number of fused-ring (bicyclic) bond motifs is 1. The number of amides is 3. The molecule has 0 radical (unpaired) electrons. The normalized spacial score (nSPS) is 18.9. The van der Waals surface area contributed by atoms with E-state index in [4.69, 9.17) is 10.5 Å². The van der Waals surface area contributed by atoms with Crippen LogP contribution >= 0.6 is 0 Å². The Morgan fingerprint density at radius 3 is 2.79 bits per heavy atom. The van der Waals surface area contributed by atoms with Crippen LogP contribution in [0.2, 0.25) is 0 Å². The van der Waals surface area contributed by atoms with E-state index < -0.39 is 23.6 Å². The molecule has 0 aromatic carbocycles. The number of nitrogens with one attached hydrogen (secondary N) is 2. The standard InChI is InChI=1S/C18H28N6O4/c1-18(2,3)28-17(27)23-12(15(19)26)6-4-8-20-14(25)10-24-11-22-16-13(24)7-5-9-21-16/h7,9,11-12,16H,4-6,8,10H2,1-3H3,(H2,19,26)(H,20,25)(H,23,27). The first-order valence-corrected chi connectivity index (χ1v) is 9.23. The molecule has 10 nitrogen and oxygen atoms in total. The Kier molecular flexibility index (Phi) is 7.13. The third-order valence-electron chi connectivity index (χ3n) is 3.96. The van der Waals surface area contributed by atoms with Crippen LogP contribution in [0.15, 0.2) is 21.8 Å². The van der Waals surface area contributed by atoms with Gasteiger partial charge >= 0.3 is 6.09 Å². The van der Waals surface area contributed by atoms with Gasteiger partial charge < -0.3 is 26.0 Å². The molecule has 154 valence electrons. The number of primary amides is 1. The third kappa shape index (κ3) is 6.67. The first-order valence-electron chi connectivity index (χ1n) is 9.23. The number of carbonyl (C=O) groups is 3. The van der Waals surface area contributed by atoms with Crippen LogP contribution in [0.25, 0.3) is 0 Å². The van der Waals surface area contributed by atoms with Gasteiger partial charge in [-0.1, -0.05) is 6.08 Å². The van der Waals surface area contributed by atoms with Crippen molar-refractivity contribution in [2.75, 3.05) is 13.1 Å². The molecular formula is C18H28N6O4. The molecule has 2 aliphatic rings. The number of rotatable bonds is 8.